The summed E-state index contributed by atoms with van der Waals surface area (Å²) in [4.78, 5) is 20.4. The third kappa shape index (κ3) is 6.41. The zero-order valence-corrected chi connectivity index (χ0v) is 15.1. The lowest BCUT2D eigenvalue weighted by Crippen LogP contribution is -2.24. The largest absolute Gasteiger partial charge is 0.491 e. The third-order valence-electron chi connectivity index (χ3n) is 3.46. The minimum absolute atomic E-state index is 0.141. The Morgan fingerprint density at radius 2 is 1.80 bits per heavy atom. The second-order valence-corrected chi connectivity index (χ2v) is 6.07. The molecule has 0 spiro atoms. The number of aromatic nitrogens is 2. The van der Waals surface area contributed by atoms with Crippen molar-refractivity contribution in [3.63, 3.8) is 0 Å². The number of nitrogens with one attached hydrogen (secondary N) is 2. The molecule has 0 aliphatic rings. The second-order valence-electron chi connectivity index (χ2n) is 6.07. The van der Waals surface area contributed by atoms with Gasteiger partial charge in [-0.1, -0.05) is 19.8 Å². The molecule has 6 heteroatoms. The van der Waals surface area contributed by atoms with Gasteiger partial charge in [0.2, 0.25) is 5.95 Å². The fourth-order valence-electron chi connectivity index (χ4n) is 2.21. The Morgan fingerprint density at radius 1 is 1.12 bits per heavy atom. The molecule has 25 heavy (non-hydrogen) atoms. The zero-order valence-electron chi connectivity index (χ0n) is 15.1. The Hall–Kier alpha value is -2.63. The van der Waals surface area contributed by atoms with Crippen molar-refractivity contribution in [1.82, 2.24) is 15.3 Å². The second kappa shape index (κ2) is 9.61. The predicted octanol–water partition coefficient (Wildman–Crippen LogP) is 3.93. The van der Waals surface area contributed by atoms with Gasteiger partial charge < -0.3 is 15.4 Å². The lowest BCUT2D eigenvalue weighted by Gasteiger charge is -2.10. The maximum atomic E-state index is 12.0. The molecule has 0 fully saturated rings. The molecule has 0 unspecified atom stereocenters. The van der Waals surface area contributed by atoms with E-state index < -0.39 is 0 Å². The van der Waals surface area contributed by atoms with Crippen molar-refractivity contribution in [1.29, 1.82) is 0 Å². The smallest absolute Gasteiger partial charge is 0.254 e. The van der Waals surface area contributed by atoms with Crippen LogP contribution in [0.1, 0.15) is 50.4 Å². The summed E-state index contributed by atoms with van der Waals surface area (Å²) in [5, 5.41) is 5.97. The molecule has 2 N–H and O–H groups in total. The highest BCUT2D eigenvalue weighted by atomic mass is 16.5. The SMILES string of the molecule is CCCCCNC(=O)c1cnc(Nc2ccc(OC(C)C)cc2)nc1. The highest BCUT2D eigenvalue weighted by Crippen LogP contribution is 2.19. The standard InChI is InChI=1S/C19H26N4O2/c1-4-5-6-11-20-18(24)15-12-21-19(22-13-15)23-16-7-9-17(10-8-16)25-14(2)3/h7-10,12-14H,4-6,11H2,1-3H3,(H,20,24)(H,21,22,23). The summed E-state index contributed by atoms with van der Waals surface area (Å²) in [5.74, 6) is 1.12. The summed E-state index contributed by atoms with van der Waals surface area (Å²) in [5.41, 5.74) is 1.32. The van der Waals surface area contributed by atoms with Crippen LogP contribution in [0.2, 0.25) is 0 Å². The van der Waals surface area contributed by atoms with Crippen molar-refractivity contribution in [2.45, 2.75) is 46.1 Å². The third-order valence-corrected chi connectivity index (χ3v) is 3.46. The number of hydrogen-bond acceptors (Lipinski definition) is 5. The Balaban J connectivity index is 1.88. The number of rotatable bonds is 9. The van der Waals surface area contributed by atoms with Gasteiger partial charge in [0.05, 0.1) is 11.7 Å². The van der Waals surface area contributed by atoms with Crippen LogP contribution < -0.4 is 15.4 Å². The first-order valence-corrected chi connectivity index (χ1v) is 8.72. The van der Waals surface area contributed by atoms with Crippen LogP contribution in [0.3, 0.4) is 0 Å². The molecule has 2 aromatic rings. The van der Waals surface area contributed by atoms with Crippen LogP contribution in [-0.2, 0) is 0 Å². The van der Waals surface area contributed by atoms with E-state index in [1.165, 1.54) is 12.4 Å². The molecular weight excluding hydrogens is 316 g/mol. The normalized spacial score (nSPS) is 10.6. The van der Waals surface area contributed by atoms with Crippen LogP contribution >= 0.6 is 0 Å². The number of nitrogens with zero attached hydrogens (tertiary/aromatic N) is 2. The van der Waals surface area contributed by atoms with Crippen molar-refractivity contribution in [3.05, 3.63) is 42.2 Å². The molecule has 0 bridgehead atoms. The Morgan fingerprint density at radius 3 is 2.40 bits per heavy atom. The van der Waals surface area contributed by atoms with Gasteiger partial charge in [0.25, 0.3) is 5.91 Å². The fraction of sp³-hybridized carbons (Fsp3) is 0.421. The first-order chi connectivity index (χ1) is 12.1. The van der Waals surface area contributed by atoms with Crippen molar-refractivity contribution >= 4 is 17.5 Å². The summed E-state index contributed by atoms with van der Waals surface area (Å²) in [7, 11) is 0. The molecule has 0 saturated carbocycles. The van der Waals surface area contributed by atoms with Gasteiger partial charge in [-0.15, -0.1) is 0 Å². The van der Waals surface area contributed by atoms with E-state index in [0.29, 0.717) is 18.1 Å². The van der Waals surface area contributed by atoms with E-state index in [9.17, 15) is 4.79 Å². The summed E-state index contributed by atoms with van der Waals surface area (Å²) in [6.45, 7) is 6.78. The number of ether oxygens (including phenoxy) is 1. The van der Waals surface area contributed by atoms with Gasteiger partial charge in [-0.3, -0.25) is 4.79 Å². The van der Waals surface area contributed by atoms with Crippen LogP contribution in [0.15, 0.2) is 36.7 Å². The first kappa shape index (κ1) is 18.7. The van der Waals surface area contributed by atoms with E-state index in [0.717, 1.165) is 30.7 Å². The molecule has 0 saturated heterocycles. The molecule has 134 valence electrons. The van der Waals surface area contributed by atoms with E-state index in [1.807, 2.05) is 38.1 Å². The predicted molar refractivity (Wildman–Crippen MR) is 99.4 cm³/mol. The number of carbonyl (C=O) groups excluding carboxylic acids is 1. The number of unbranched alkanes of at least 4 members (excludes halogenated alkanes) is 2. The number of anilines is 2. The maximum Gasteiger partial charge on any atom is 0.254 e. The molecule has 2 rings (SSSR count). The summed E-state index contributed by atoms with van der Waals surface area (Å²) >= 11 is 0. The number of benzene rings is 1. The minimum Gasteiger partial charge on any atom is -0.491 e. The van der Waals surface area contributed by atoms with Crippen LogP contribution in [-0.4, -0.2) is 28.5 Å². The minimum atomic E-state index is -0.141. The van der Waals surface area contributed by atoms with Gasteiger partial charge in [0.1, 0.15) is 5.75 Å². The quantitative estimate of drug-likeness (QED) is 0.675. The van der Waals surface area contributed by atoms with Gasteiger partial charge in [0, 0.05) is 24.6 Å². The molecule has 1 aromatic carbocycles. The van der Waals surface area contributed by atoms with Crippen LogP contribution in [0.25, 0.3) is 0 Å². The Labute approximate surface area is 149 Å². The molecule has 1 aromatic heterocycles. The molecule has 0 aliphatic heterocycles. The van der Waals surface area contributed by atoms with Crippen LogP contribution in [0.5, 0.6) is 5.75 Å². The molecule has 0 radical (unpaired) electrons. The molecule has 0 atom stereocenters. The number of hydrogen-bond donors (Lipinski definition) is 2. The number of amides is 1. The van der Waals surface area contributed by atoms with E-state index >= 15 is 0 Å². The highest BCUT2D eigenvalue weighted by molar-refractivity contribution is 5.93. The average molecular weight is 342 g/mol. The van der Waals surface area contributed by atoms with Crippen LogP contribution in [0.4, 0.5) is 11.6 Å². The van der Waals surface area contributed by atoms with Crippen LogP contribution in [0, 0.1) is 0 Å². The first-order valence-electron chi connectivity index (χ1n) is 8.72. The lowest BCUT2D eigenvalue weighted by atomic mass is 10.2. The summed E-state index contributed by atoms with van der Waals surface area (Å²) < 4.78 is 5.61. The fourth-order valence-corrected chi connectivity index (χ4v) is 2.21. The van der Waals surface area contributed by atoms with Gasteiger partial charge in [-0.25, -0.2) is 9.97 Å². The lowest BCUT2D eigenvalue weighted by molar-refractivity contribution is 0.0952. The van der Waals surface area contributed by atoms with Gasteiger partial charge in [-0.05, 0) is 44.5 Å². The maximum absolute atomic E-state index is 12.0. The Bertz CT molecular complexity index is 654. The van der Waals surface area contributed by atoms with Crippen molar-refractivity contribution in [2.75, 3.05) is 11.9 Å². The molecule has 1 amide bonds. The molecule has 0 aliphatic carbocycles. The van der Waals surface area contributed by atoms with Crippen molar-refractivity contribution in [2.24, 2.45) is 0 Å². The van der Waals surface area contributed by atoms with Crippen molar-refractivity contribution < 1.29 is 9.53 Å². The van der Waals surface area contributed by atoms with Gasteiger partial charge >= 0.3 is 0 Å². The van der Waals surface area contributed by atoms with Crippen molar-refractivity contribution in [3.8, 4) is 5.75 Å². The zero-order chi connectivity index (χ0) is 18.1. The topological polar surface area (TPSA) is 76.1 Å². The van der Waals surface area contributed by atoms with E-state index in [2.05, 4.69) is 27.5 Å². The monoisotopic (exact) mass is 342 g/mol. The summed E-state index contributed by atoms with van der Waals surface area (Å²) in [6, 6.07) is 7.58. The van der Waals surface area contributed by atoms with E-state index in [1.54, 1.807) is 0 Å². The Kier molecular flexibility index (Phi) is 7.19. The van der Waals surface area contributed by atoms with Gasteiger partial charge in [-0.2, -0.15) is 0 Å². The molecular formula is C19H26N4O2. The summed E-state index contributed by atoms with van der Waals surface area (Å²) in [6.07, 6.45) is 6.42. The average Bonchev–Trinajstić information content (AvgIpc) is 2.60. The molecule has 6 nitrogen and oxygen atoms in total. The van der Waals surface area contributed by atoms with Gasteiger partial charge in [0.15, 0.2) is 0 Å². The highest BCUT2D eigenvalue weighted by Gasteiger charge is 2.07. The molecule has 1 heterocycles. The van der Waals surface area contributed by atoms with E-state index in [4.69, 9.17) is 4.74 Å². The number of carbonyl (C=O) groups is 1. The van der Waals surface area contributed by atoms with E-state index in [-0.39, 0.29) is 12.0 Å².